The van der Waals surface area contributed by atoms with E-state index in [9.17, 15) is 4.79 Å². The van der Waals surface area contributed by atoms with Gasteiger partial charge in [-0.15, -0.1) is 0 Å². The van der Waals surface area contributed by atoms with Gasteiger partial charge in [-0.1, -0.05) is 6.92 Å². The highest BCUT2D eigenvalue weighted by molar-refractivity contribution is 9.10. The van der Waals surface area contributed by atoms with Gasteiger partial charge in [0.2, 0.25) is 0 Å². The molecule has 1 heterocycles. The van der Waals surface area contributed by atoms with E-state index < -0.39 is 0 Å². The molecule has 0 radical (unpaired) electrons. The Kier molecular flexibility index (Phi) is 3.89. The average molecular weight is 259 g/mol. The summed E-state index contributed by atoms with van der Waals surface area (Å²) in [6.07, 6.45) is 2.64. The van der Waals surface area contributed by atoms with Crippen LogP contribution in [0.1, 0.15) is 26.3 Å². The Morgan fingerprint density at radius 2 is 2.21 bits per heavy atom. The Labute approximate surface area is 92.1 Å². The molecule has 0 saturated carbocycles. The van der Waals surface area contributed by atoms with Gasteiger partial charge in [-0.05, 0) is 35.3 Å². The van der Waals surface area contributed by atoms with Crippen LogP contribution in [0.5, 0.6) is 0 Å². The van der Waals surface area contributed by atoms with Crippen molar-refractivity contribution in [3.05, 3.63) is 33.2 Å². The fourth-order valence-electron chi connectivity index (χ4n) is 1.34. The summed E-state index contributed by atoms with van der Waals surface area (Å²) in [5.41, 5.74) is 5.88. The highest BCUT2D eigenvalue weighted by atomic mass is 79.9. The first-order valence-electron chi connectivity index (χ1n) is 4.69. The SMILES string of the molecule is CCC(N)C(C)n1cc(Br)ccc1=O. The van der Waals surface area contributed by atoms with Crippen LogP contribution in [0, 0.1) is 0 Å². The maximum absolute atomic E-state index is 11.5. The van der Waals surface area contributed by atoms with E-state index in [0.29, 0.717) is 0 Å². The molecule has 3 nitrogen and oxygen atoms in total. The minimum Gasteiger partial charge on any atom is -0.326 e. The fraction of sp³-hybridized carbons (Fsp3) is 0.500. The maximum atomic E-state index is 11.5. The predicted molar refractivity (Wildman–Crippen MR) is 61.4 cm³/mol. The topological polar surface area (TPSA) is 48.0 Å². The number of hydrogen-bond donors (Lipinski definition) is 1. The summed E-state index contributed by atoms with van der Waals surface area (Å²) >= 11 is 3.34. The minimum atomic E-state index is -0.00963. The summed E-state index contributed by atoms with van der Waals surface area (Å²) in [6.45, 7) is 3.98. The zero-order valence-corrected chi connectivity index (χ0v) is 9.99. The molecule has 2 N–H and O–H groups in total. The van der Waals surface area contributed by atoms with E-state index >= 15 is 0 Å². The zero-order valence-electron chi connectivity index (χ0n) is 8.40. The molecule has 0 aliphatic carbocycles. The lowest BCUT2D eigenvalue weighted by Gasteiger charge is -2.20. The third-order valence-electron chi connectivity index (χ3n) is 2.43. The number of pyridine rings is 1. The second-order valence-electron chi connectivity index (χ2n) is 3.41. The van der Waals surface area contributed by atoms with Crippen molar-refractivity contribution >= 4 is 15.9 Å². The Hall–Kier alpha value is -0.610. The van der Waals surface area contributed by atoms with Crippen molar-refractivity contribution in [2.24, 2.45) is 5.73 Å². The van der Waals surface area contributed by atoms with Gasteiger partial charge in [0, 0.05) is 28.8 Å². The molecule has 1 aromatic rings. The Bertz CT molecular complexity index is 361. The van der Waals surface area contributed by atoms with Crippen molar-refractivity contribution in [3.8, 4) is 0 Å². The van der Waals surface area contributed by atoms with Crippen molar-refractivity contribution in [2.45, 2.75) is 32.4 Å². The van der Waals surface area contributed by atoms with Crippen molar-refractivity contribution in [1.29, 1.82) is 0 Å². The van der Waals surface area contributed by atoms with Gasteiger partial charge in [0.25, 0.3) is 5.56 Å². The molecule has 1 aromatic heterocycles. The average Bonchev–Trinajstić information content (AvgIpc) is 2.19. The summed E-state index contributed by atoms with van der Waals surface area (Å²) in [5.74, 6) is 0. The first-order chi connectivity index (χ1) is 6.56. The maximum Gasteiger partial charge on any atom is 0.250 e. The lowest BCUT2D eigenvalue weighted by Crippen LogP contribution is -2.34. The molecule has 0 saturated heterocycles. The summed E-state index contributed by atoms with van der Waals surface area (Å²) in [7, 11) is 0. The van der Waals surface area contributed by atoms with Crippen molar-refractivity contribution < 1.29 is 0 Å². The van der Waals surface area contributed by atoms with E-state index in [0.717, 1.165) is 10.9 Å². The molecule has 0 aromatic carbocycles. The Morgan fingerprint density at radius 1 is 1.57 bits per heavy atom. The van der Waals surface area contributed by atoms with Gasteiger partial charge in [0.1, 0.15) is 0 Å². The van der Waals surface area contributed by atoms with Crippen LogP contribution in [0.15, 0.2) is 27.6 Å². The molecular weight excluding hydrogens is 244 g/mol. The molecule has 0 amide bonds. The summed E-state index contributed by atoms with van der Waals surface area (Å²) in [6, 6.07) is 3.33. The third kappa shape index (κ3) is 2.45. The molecule has 2 atom stereocenters. The molecule has 4 heteroatoms. The highest BCUT2D eigenvalue weighted by Crippen LogP contribution is 2.12. The molecule has 0 bridgehead atoms. The quantitative estimate of drug-likeness (QED) is 0.901. The molecule has 0 spiro atoms. The monoisotopic (exact) mass is 258 g/mol. The zero-order chi connectivity index (χ0) is 10.7. The van der Waals surface area contributed by atoms with Gasteiger partial charge in [0.15, 0.2) is 0 Å². The molecule has 0 fully saturated rings. The van der Waals surface area contributed by atoms with Gasteiger partial charge >= 0.3 is 0 Å². The molecule has 0 aliphatic heterocycles. The van der Waals surface area contributed by atoms with E-state index in [1.807, 2.05) is 13.8 Å². The number of aromatic nitrogens is 1. The van der Waals surface area contributed by atoms with E-state index in [-0.39, 0.29) is 17.6 Å². The fourth-order valence-corrected chi connectivity index (χ4v) is 1.69. The van der Waals surface area contributed by atoms with E-state index in [1.165, 1.54) is 0 Å². The second-order valence-corrected chi connectivity index (χ2v) is 4.32. The standard InChI is InChI=1S/C10H15BrN2O/c1-3-9(12)7(2)13-6-8(11)4-5-10(13)14/h4-7,9H,3,12H2,1-2H3. The molecule has 0 aliphatic rings. The number of nitrogens with zero attached hydrogens (tertiary/aromatic N) is 1. The van der Waals surface area contributed by atoms with Crippen LogP contribution in [-0.4, -0.2) is 10.6 Å². The minimum absolute atomic E-state index is 0.00963. The lowest BCUT2D eigenvalue weighted by atomic mass is 10.1. The largest absolute Gasteiger partial charge is 0.326 e. The number of rotatable bonds is 3. The van der Waals surface area contributed by atoms with Crippen molar-refractivity contribution in [2.75, 3.05) is 0 Å². The Morgan fingerprint density at radius 3 is 2.79 bits per heavy atom. The predicted octanol–water partition coefficient (Wildman–Crippen LogP) is 1.91. The lowest BCUT2D eigenvalue weighted by molar-refractivity contribution is 0.420. The van der Waals surface area contributed by atoms with Gasteiger partial charge < -0.3 is 10.3 Å². The van der Waals surface area contributed by atoms with Crippen LogP contribution < -0.4 is 11.3 Å². The highest BCUT2D eigenvalue weighted by Gasteiger charge is 2.13. The van der Waals surface area contributed by atoms with Crippen molar-refractivity contribution in [1.82, 2.24) is 4.57 Å². The van der Waals surface area contributed by atoms with Crippen LogP contribution in [0.3, 0.4) is 0 Å². The smallest absolute Gasteiger partial charge is 0.250 e. The van der Waals surface area contributed by atoms with Crippen LogP contribution in [0.2, 0.25) is 0 Å². The van der Waals surface area contributed by atoms with E-state index in [2.05, 4.69) is 15.9 Å². The van der Waals surface area contributed by atoms with Gasteiger partial charge in [0.05, 0.1) is 0 Å². The molecule has 78 valence electrons. The van der Waals surface area contributed by atoms with Gasteiger partial charge in [-0.3, -0.25) is 4.79 Å². The molecule has 2 unspecified atom stereocenters. The third-order valence-corrected chi connectivity index (χ3v) is 2.90. The molecular formula is C10H15BrN2O. The second kappa shape index (κ2) is 4.75. The number of hydrogen-bond acceptors (Lipinski definition) is 2. The normalized spacial score (nSPS) is 15.1. The van der Waals surface area contributed by atoms with E-state index in [1.54, 1.807) is 22.9 Å². The van der Waals surface area contributed by atoms with Gasteiger partial charge in [-0.2, -0.15) is 0 Å². The van der Waals surface area contributed by atoms with Crippen LogP contribution >= 0.6 is 15.9 Å². The van der Waals surface area contributed by atoms with Crippen LogP contribution in [0.25, 0.3) is 0 Å². The van der Waals surface area contributed by atoms with Gasteiger partial charge in [-0.25, -0.2) is 0 Å². The molecule has 14 heavy (non-hydrogen) atoms. The summed E-state index contributed by atoms with van der Waals surface area (Å²) < 4.78 is 2.56. The van der Waals surface area contributed by atoms with E-state index in [4.69, 9.17) is 5.73 Å². The van der Waals surface area contributed by atoms with Crippen LogP contribution in [-0.2, 0) is 0 Å². The first kappa shape index (κ1) is 11.5. The summed E-state index contributed by atoms with van der Waals surface area (Å²) in [4.78, 5) is 11.5. The van der Waals surface area contributed by atoms with Crippen LogP contribution in [0.4, 0.5) is 0 Å². The Balaban J connectivity index is 3.05. The number of halogens is 1. The molecule has 1 rings (SSSR count). The summed E-state index contributed by atoms with van der Waals surface area (Å²) in [5, 5.41) is 0. The first-order valence-corrected chi connectivity index (χ1v) is 5.48. The number of nitrogens with two attached hydrogens (primary N) is 1. The van der Waals surface area contributed by atoms with Crippen molar-refractivity contribution in [3.63, 3.8) is 0 Å².